The van der Waals surface area contributed by atoms with Crippen molar-refractivity contribution >= 4 is 17.5 Å². The number of aryl methyl sites for hydroxylation is 1. The molecule has 0 N–H and O–H groups in total. The fraction of sp³-hybridized carbons (Fsp3) is 0.345. The highest BCUT2D eigenvalue weighted by Gasteiger charge is 2.22. The summed E-state index contributed by atoms with van der Waals surface area (Å²) < 4.78 is 16.2. The van der Waals surface area contributed by atoms with Crippen LogP contribution in [-0.4, -0.2) is 63.2 Å². The van der Waals surface area contributed by atoms with E-state index >= 15 is 0 Å². The summed E-state index contributed by atoms with van der Waals surface area (Å²) in [6.45, 7) is 4.08. The molecule has 0 bridgehead atoms. The smallest absolute Gasteiger partial charge is 0.222 e. The van der Waals surface area contributed by atoms with Crippen LogP contribution in [-0.2, 0) is 17.8 Å². The van der Waals surface area contributed by atoms with E-state index in [2.05, 4.69) is 29.2 Å². The lowest BCUT2D eigenvalue weighted by atomic mass is 10.0. The highest BCUT2D eigenvalue weighted by Crippen LogP contribution is 2.38. The Kier molecular flexibility index (Phi) is 8.73. The topological polar surface area (TPSA) is 51.2 Å². The Hall–Kier alpha value is -3.22. The number of piperazine rings is 1. The number of halogens is 1. The molecule has 0 spiro atoms. The van der Waals surface area contributed by atoms with Crippen molar-refractivity contribution in [1.82, 2.24) is 9.80 Å². The number of carbonyl (C=O) groups is 1. The van der Waals surface area contributed by atoms with Crippen LogP contribution in [0.4, 0.5) is 0 Å². The van der Waals surface area contributed by atoms with Crippen molar-refractivity contribution in [3.63, 3.8) is 0 Å². The van der Waals surface area contributed by atoms with Crippen molar-refractivity contribution < 1.29 is 19.0 Å². The standard InChI is InChI=1S/C29H33ClN2O4/c1-34-26-18-21(19-27(35-2)29(26)36-3)7-12-28(33)32-15-13-31(14-16-32)20-22-5-4-6-24(17-22)23-8-10-25(30)11-9-23/h4-6,8-11,17-19H,7,12-16,20H2,1-3H3. The van der Waals surface area contributed by atoms with Gasteiger partial charge in [-0.15, -0.1) is 0 Å². The number of carbonyl (C=O) groups excluding carboxylic acids is 1. The molecule has 1 fully saturated rings. The van der Waals surface area contributed by atoms with Gasteiger partial charge in [0, 0.05) is 44.2 Å². The molecule has 0 radical (unpaired) electrons. The van der Waals surface area contributed by atoms with E-state index in [1.54, 1.807) is 21.3 Å². The molecular formula is C29H33ClN2O4. The highest BCUT2D eigenvalue weighted by atomic mass is 35.5. The summed E-state index contributed by atoms with van der Waals surface area (Å²) in [5.74, 6) is 1.94. The van der Waals surface area contributed by atoms with E-state index < -0.39 is 0 Å². The van der Waals surface area contributed by atoms with Gasteiger partial charge in [-0.3, -0.25) is 9.69 Å². The van der Waals surface area contributed by atoms with Gasteiger partial charge in [0.15, 0.2) is 11.5 Å². The van der Waals surface area contributed by atoms with E-state index in [-0.39, 0.29) is 5.91 Å². The Labute approximate surface area is 218 Å². The normalized spacial score (nSPS) is 13.9. The minimum Gasteiger partial charge on any atom is -0.493 e. The zero-order valence-electron chi connectivity index (χ0n) is 21.1. The summed E-state index contributed by atoms with van der Waals surface area (Å²) >= 11 is 6.03. The molecule has 0 atom stereocenters. The molecule has 1 amide bonds. The fourth-order valence-corrected chi connectivity index (χ4v) is 4.72. The quantitative estimate of drug-likeness (QED) is 0.392. The van der Waals surface area contributed by atoms with Crippen LogP contribution >= 0.6 is 11.6 Å². The van der Waals surface area contributed by atoms with E-state index in [0.717, 1.165) is 48.9 Å². The molecule has 0 unspecified atom stereocenters. The summed E-state index contributed by atoms with van der Waals surface area (Å²) in [6, 6.07) is 20.4. The number of hydrogen-bond donors (Lipinski definition) is 0. The van der Waals surface area contributed by atoms with Crippen molar-refractivity contribution in [2.24, 2.45) is 0 Å². The molecule has 1 aliphatic heterocycles. The van der Waals surface area contributed by atoms with Gasteiger partial charge in [-0.25, -0.2) is 0 Å². The largest absolute Gasteiger partial charge is 0.493 e. The average Bonchev–Trinajstić information content (AvgIpc) is 2.92. The molecule has 36 heavy (non-hydrogen) atoms. The van der Waals surface area contributed by atoms with Crippen molar-refractivity contribution in [3.8, 4) is 28.4 Å². The van der Waals surface area contributed by atoms with Crippen molar-refractivity contribution in [2.75, 3.05) is 47.5 Å². The maximum Gasteiger partial charge on any atom is 0.222 e. The molecule has 3 aromatic rings. The van der Waals surface area contributed by atoms with E-state index in [1.165, 1.54) is 11.1 Å². The first-order valence-corrected chi connectivity index (χ1v) is 12.5. The number of hydrogen-bond acceptors (Lipinski definition) is 5. The van der Waals surface area contributed by atoms with Crippen LogP contribution in [0.2, 0.25) is 5.02 Å². The molecule has 6 nitrogen and oxygen atoms in total. The second-order valence-corrected chi connectivity index (χ2v) is 9.33. The molecule has 1 heterocycles. The second-order valence-electron chi connectivity index (χ2n) is 8.90. The Morgan fingerprint density at radius 2 is 1.47 bits per heavy atom. The Morgan fingerprint density at radius 1 is 0.806 bits per heavy atom. The van der Waals surface area contributed by atoms with Crippen LogP contribution in [0, 0.1) is 0 Å². The highest BCUT2D eigenvalue weighted by molar-refractivity contribution is 6.30. The maximum absolute atomic E-state index is 12.9. The second kappa shape index (κ2) is 12.2. The van der Waals surface area contributed by atoms with Gasteiger partial charge in [0.25, 0.3) is 0 Å². The van der Waals surface area contributed by atoms with Gasteiger partial charge in [-0.1, -0.05) is 41.9 Å². The van der Waals surface area contributed by atoms with E-state index in [4.69, 9.17) is 25.8 Å². The zero-order valence-corrected chi connectivity index (χ0v) is 21.9. The monoisotopic (exact) mass is 508 g/mol. The molecule has 7 heteroatoms. The SMILES string of the molecule is COc1cc(CCC(=O)N2CCN(Cc3cccc(-c4ccc(Cl)cc4)c3)CC2)cc(OC)c1OC. The number of amides is 1. The van der Waals surface area contributed by atoms with E-state index in [0.29, 0.717) is 30.1 Å². The predicted octanol–water partition coefficient (Wildman–Crippen LogP) is 5.31. The lowest BCUT2D eigenvalue weighted by molar-refractivity contribution is -0.133. The lowest BCUT2D eigenvalue weighted by Crippen LogP contribution is -2.48. The summed E-state index contributed by atoms with van der Waals surface area (Å²) in [4.78, 5) is 17.3. The predicted molar refractivity (Wildman–Crippen MR) is 143 cm³/mol. The molecule has 3 aromatic carbocycles. The molecule has 1 aliphatic rings. The number of ether oxygens (including phenoxy) is 3. The number of nitrogens with zero attached hydrogens (tertiary/aromatic N) is 2. The van der Waals surface area contributed by atoms with Crippen LogP contribution in [0.5, 0.6) is 17.2 Å². The van der Waals surface area contributed by atoms with Crippen LogP contribution in [0.3, 0.4) is 0 Å². The third kappa shape index (κ3) is 6.31. The third-order valence-electron chi connectivity index (χ3n) is 6.59. The fourth-order valence-electron chi connectivity index (χ4n) is 4.59. The first-order chi connectivity index (χ1) is 17.5. The molecular weight excluding hydrogens is 476 g/mol. The minimum absolute atomic E-state index is 0.174. The molecule has 0 saturated carbocycles. The molecule has 190 valence electrons. The summed E-state index contributed by atoms with van der Waals surface area (Å²) in [7, 11) is 4.78. The van der Waals surface area contributed by atoms with E-state index in [9.17, 15) is 4.79 Å². The van der Waals surface area contributed by atoms with Gasteiger partial charge >= 0.3 is 0 Å². The van der Waals surface area contributed by atoms with Crippen LogP contribution < -0.4 is 14.2 Å². The minimum atomic E-state index is 0.174. The van der Waals surface area contributed by atoms with Crippen LogP contribution in [0.1, 0.15) is 17.5 Å². The maximum atomic E-state index is 12.9. The van der Waals surface area contributed by atoms with Crippen molar-refractivity contribution in [3.05, 3.63) is 76.8 Å². The van der Waals surface area contributed by atoms with Crippen LogP contribution in [0.15, 0.2) is 60.7 Å². The molecule has 1 saturated heterocycles. The zero-order chi connectivity index (χ0) is 25.5. The summed E-state index contributed by atoms with van der Waals surface area (Å²) in [5.41, 5.74) is 4.59. The molecule has 0 aromatic heterocycles. The first-order valence-electron chi connectivity index (χ1n) is 12.1. The van der Waals surface area contributed by atoms with Gasteiger partial charge in [-0.05, 0) is 59.0 Å². The van der Waals surface area contributed by atoms with Gasteiger partial charge in [-0.2, -0.15) is 0 Å². The van der Waals surface area contributed by atoms with Crippen LogP contribution in [0.25, 0.3) is 11.1 Å². The number of rotatable bonds is 9. The molecule has 4 rings (SSSR count). The number of methoxy groups -OCH3 is 3. The van der Waals surface area contributed by atoms with Crippen molar-refractivity contribution in [2.45, 2.75) is 19.4 Å². The number of benzene rings is 3. The summed E-state index contributed by atoms with van der Waals surface area (Å²) in [6.07, 6.45) is 1.06. The van der Waals surface area contributed by atoms with Gasteiger partial charge in [0.2, 0.25) is 11.7 Å². The Morgan fingerprint density at radius 3 is 2.08 bits per heavy atom. The van der Waals surface area contributed by atoms with Gasteiger partial charge in [0.05, 0.1) is 21.3 Å². The Balaban J connectivity index is 1.29. The summed E-state index contributed by atoms with van der Waals surface area (Å²) in [5, 5.41) is 0.741. The third-order valence-corrected chi connectivity index (χ3v) is 6.84. The average molecular weight is 509 g/mol. The first kappa shape index (κ1) is 25.9. The van der Waals surface area contributed by atoms with E-state index in [1.807, 2.05) is 41.3 Å². The molecule has 0 aliphatic carbocycles. The lowest BCUT2D eigenvalue weighted by Gasteiger charge is -2.35. The Bertz CT molecular complexity index is 1150. The van der Waals surface area contributed by atoms with Gasteiger partial charge in [0.1, 0.15) is 0 Å². The van der Waals surface area contributed by atoms with Crippen molar-refractivity contribution in [1.29, 1.82) is 0 Å². The van der Waals surface area contributed by atoms with Gasteiger partial charge < -0.3 is 19.1 Å².